The summed E-state index contributed by atoms with van der Waals surface area (Å²) in [4.78, 5) is 0. The average molecular weight is 464 g/mol. The molecule has 0 N–H and O–H groups in total. The predicted molar refractivity (Wildman–Crippen MR) is 69.9 cm³/mol. The summed E-state index contributed by atoms with van der Waals surface area (Å²) in [5.74, 6) is 0.909. The van der Waals surface area contributed by atoms with E-state index in [9.17, 15) is 0 Å². The fourth-order valence-corrected chi connectivity index (χ4v) is 15.1. The van der Waals surface area contributed by atoms with E-state index in [2.05, 4.69) is 20.8 Å². The molecule has 1 saturated heterocycles. The van der Waals surface area contributed by atoms with Crippen LogP contribution in [0.25, 0.3) is 0 Å². The van der Waals surface area contributed by atoms with Crippen LogP contribution in [-0.2, 0) is 0 Å². The van der Waals surface area contributed by atoms with E-state index in [1.54, 1.807) is 17.3 Å². The normalized spacial score (nSPS) is 25.6. The van der Waals surface area contributed by atoms with Crippen molar-refractivity contribution in [3.05, 3.63) is 0 Å². The second-order valence-electron chi connectivity index (χ2n) is 5.70. The first-order chi connectivity index (χ1) is 8.18. The number of hydrogen-bond donors (Lipinski definition) is 0. The first-order valence-electron chi connectivity index (χ1n) is 7.38. The molecule has 1 heterocycles. The van der Waals surface area contributed by atoms with E-state index in [0.29, 0.717) is 42.4 Å². The zero-order valence-corrected chi connectivity index (χ0v) is 16.2. The van der Waals surface area contributed by atoms with Crippen molar-refractivity contribution < 1.29 is 42.4 Å². The van der Waals surface area contributed by atoms with Gasteiger partial charge in [-0.15, -0.1) is 0 Å². The van der Waals surface area contributed by atoms with Crippen LogP contribution in [0, 0.1) is 5.92 Å². The van der Waals surface area contributed by atoms with Gasteiger partial charge in [0.25, 0.3) is 0 Å². The second-order valence-corrected chi connectivity index (χ2v) is 15.7. The third kappa shape index (κ3) is 9.06. The quantitative estimate of drug-likeness (QED) is 0.226. The Bertz CT molecular complexity index is 180. The van der Waals surface area contributed by atoms with E-state index in [-0.39, 0.29) is 0 Å². The molecule has 0 spiro atoms. The number of hydrogen-bond acceptors (Lipinski definition) is 0. The molecule has 0 nitrogen and oxygen atoms in total. The van der Waals surface area contributed by atoms with Gasteiger partial charge in [0.2, 0.25) is 0 Å². The third-order valence-corrected chi connectivity index (χ3v) is 15.5. The Labute approximate surface area is 130 Å². The van der Waals surface area contributed by atoms with E-state index in [1.165, 1.54) is 44.4 Å². The van der Waals surface area contributed by atoms with Gasteiger partial charge in [-0.1, -0.05) is 0 Å². The first kappa shape index (κ1) is 16.5. The standard InChI is InChI=1S/C15H30I2/c1-13(2)10-8-6-4-5-7-9-11-15-16-12-14(3)17-15/h13-15H,4-12H2,1-3H3/q-2. The predicted octanol–water partition coefficient (Wildman–Crippen LogP) is -1.33. The van der Waals surface area contributed by atoms with E-state index in [0.717, 1.165) is 5.92 Å². The molecular weight excluding hydrogens is 434 g/mol. The molecule has 2 unspecified atom stereocenters. The Kier molecular flexibility index (Phi) is 9.98. The molecule has 1 aliphatic heterocycles. The molecule has 0 aliphatic carbocycles. The van der Waals surface area contributed by atoms with E-state index < -0.39 is 0 Å². The number of alkyl halides is 4. The van der Waals surface area contributed by atoms with Crippen molar-refractivity contribution in [2.45, 2.75) is 78.0 Å². The summed E-state index contributed by atoms with van der Waals surface area (Å²) in [6.45, 7) is 7.19. The second kappa shape index (κ2) is 10.3. The average Bonchev–Trinajstić information content (AvgIpc) is 2.68. The summed E-state index contributed by atoms with van der Waals surface area (Å²) in [5.41, 5.74) is 0. The van der Waals surface area contributed by atoms with Crippen molar-refractivity contribution in [3.63, 3.8) is 0 Å². The molecular formula is C15H30I2-2. The zero-order valence-electron chi connectivity index (χ0n) is 11.9. The van der Waals surface area contributed by atoms with Crippen molar-refractivity contribution in [3.8, 4) is 0 Å². The first-order valence-corrected chi connectivity index (χ1v) is 12.6. The Morgan fingerprint density at radius 1 is 1.00 bits per heavy atom. The van der Waals surface area contributed by atoms with Gasteiger partial charge in [0.05, 0.1) is 0 Å². The number of unbranched alkanes of at least 4 members (excludes halogenated alkanes) is 5. The van der Waals surface area contributed by atoms with Crippen LogP contribution in [0.4, 0.5) is 0 Å². The van der Waals surface area contributed by atoms with Crippen LogP contribution in [0.1, 0.15) is 72.1 Å². The van der Waals surface area contributed by atoms with E-state index >= 15 is 0 Å². The van der Waals surface area contributed by atoms with E-state index in [4.69, 9.17) is 0 Å². The fraction of sp³-hybridized carbons (Fsp3) is 1.00. The zero-order chi connectivity index (χ0) is 12.5. The maximum absolute atomic E-state index is 2.50. The summed E-state index contributed by atoms with van der Waals surface area (Å²) in [6.07, 6.45) is 12.1. The SMILES string of the molecule is CC(C)CCCCCCCCC1[I-]CC(C)[I-]1. The molecule has 0 saturated carbocycles. The van der Waals surface area contributed by atoms with Crippen LogP contribution < -0.4 is 42.4 Å². The molecule has 1 rings (SSSR count). The number of halogens is 2. The Morgan fingerprint density at radius 2 is 1.65 bits per heavy atom. The van der Waals surface area contributed by atoms with Crippen molar-refractivity contribution >= 4 is 0 Å². The van der Waals surface area contributed by atoms with Gasteiger partial charge in [-0.05, 0) is 0 Å². The molecule has 0 amide bonds. The van der Waals surface area contributed by atoms with Crippen molar-refractivity contribution in [1.82, 2.24) is 0 Å². The minimum atomic E-state index is 0.623. The van der Waals surface area contributed by atoms with Crippen molar-refractivity contribution in [2.75, 3.05) is 4.43 Å². The van der Waals surface area contributed by atoms with Crippen LogP contribution in [0.5, 0.6) is 0 Å². The molecule has 1 aliphatic rings. The summed E-state index contributed by atoms with van der Waals surface area (Å²) < 4.78 is 4.15. The maximum atomic E-state index is 2.50. The Morgan fingerprint density at radius 3 is 2.24 bits per heavy atom. The van der Waals surface area contributed by atoms with Crippen molar-refractivity contribution in [1.29, 1.82) is 0 Å². The Hall–Kier alpha value is 1.46. The Balaban J connectivity index is 1.78. The van der Waals surface area contributed by atoms with Gasteiger partial charge in [0.1, 0.15) is 0 Å². The fourth-order valence-electron chi connectivity index (χ4n) is 2.22. The van der Waals surface area contributed by atoms with Gasteiger partial charge in [-0.25, -0.2) is 0 Å². The molecule has 106 valence electrons. The third-order valence-electron chi connectivity index (χ3n) is 3.27. The van der Waals surface area contributed by atoms with Crippen LogP contribution >= 0.6 is 0 Å². The van der Waals surface area contributed by atoms with Gasteiger partial charge in [0, 0.05) is 0 Å². The molecule has 2 atom stereocenters. The van der Waals surface area contributed by atoms with Crippen LogP contribution in [0.2, 0.25) is 0 Å². The van der Waals surface area contributed by atoms with Gasteiger partial charge < -0.3 is 0 Å². The van der Waals surface area contributed by atoms with Gasteiger partial charge >= 0.3 is 131 Å². The molecule has 0 bridgehead atoms. The molecule has 1 fully saturated rings. The van der Waals surface area contributed by atoms with E-state index in [1.807, 2.05) is 0 Å². The van der Waals surface area contributed by atoms with Crippen molar-refractivity contribution in [2.24, 2.45) is 5.92 Å². The van der Waals surface area contributed by atoms with Crippen LogP contribution in [-0.4, -0.2) is 10.3 Å². The van der Waals surface area contributed by atoms with Gasteiger partial charge in [-0.2, -0.15) is 0 Å². The van der Waals surface area contributed by atoms with Gasteiger partial charge in [0.15, 0.2) is 0 Å². The summed E-state index contributed by atoms with van der Waals surface area (Å²) in [5, 5.41) is 0. The summed E-state index contributed by atoms with van der Waals surface area (Å²) in [6, 6.07) is 0. The number of rotatable bonds is 9. The molecule has 0 aromatic carbocycles. The molecule has 2 heteroatoms. The molecule has 0 aromatic rings. The van der Waals surface area contributed by atoms with Gasteiger partial charge in [-0.3, -0.25) is 0 Å². The molecule has 0 aromatic heterocycles. The molecule has 0 radical (unpaired) electrons. The monoisotopic (exact) mass is 464 g/mol. The molecule has 17 heavy (non-hydrogen) atoms. The summed E-state index contributed by atoms with van der Waals surface area (Å²) in [7, 11) is 0. The minimum absolute atomic E-state index is 0.623. The van der Waals surface area contributed by atoms with Crippen LogP contribution in [0.3, 0.4) is 0 Å². The summed E-state index contributed by atoms with van der Waals surface area (Å²) >= 11 is 1.27. The topological polar surface area (TPSA) is 0 Å². The van der Waals surface area contributed by atoms with Crippen LogP contribution in [0.15, 0.2) is 0 Å².